The minimum absolute atomic E-state index is 0.0287. The molecule has 29 heavy (non-hydrogen) atoms. The maximum atomic E-state index is 12.9. The number of carboxylic acid groups (broad SMARTS) is 1. The molecule has 0 heterocycles. The number of sulfonamides is 1. The van der Waals surface area contributed by atoms with Crippen LogP contribution in [-0.2, 0) is 19.6 Å². The molecule has 1 N–H and O–H groups in total. The topological polar surface area (TPSA) is 107 Å². The molecule has 2 aliphatic rings. The third-order valence-electron chi connectivity index (χ3n) is 6.29. The molecular weight excluding hydrogens is 392 g/mol. The highest BCUT2D eigenvalue weighted by Gasteiger charge is 2.32. The second-order valence-electron chi connectivity index (χ2n) is 8.14. The third-order valence-corrected chi connectivity index (χ3v) is 8.22. The maximum absolute atomic E-state index is 12.9. The summed E-state index contributed by atoms with van der Waals surface area (Å²) in [5.41, 5.74) is 0.456. The standard InChI is InChI=1S/C21H30N2O5S/c1-23(16-7-3-2-4-8-16)29(27,28)17-13-11-15(12-14-17)22-20(24)18-9-5-6-10-19(18)21(25)26/h11-14,16,18-19H,2-10H2,1H3,(H,22,24)(H,25,26)/p-1/t18-,19+/m1/s1. The van der Waals surface area contributed by atoms with Crippen molar-refractivity contribution in [2.75, 3.05) is 12.4 Å². The fourth-order valence-corrected chi connectivity index (χ4v) is 5.90. The molecule has 2 atom stereocenters. The predicted octanol–water partition coefficient (Wildman–Crippen LogP) is 2.13. The number of hydrogen-bond donors (Lipinski definition) is 1. The van der Waals surface area contributed by atoms with Gasteiger partial charge < -0.3 is 15.2 Å². The van der Waals surface area contributed by atoms with Crippen LogP contribution in [0.2, 0.25) is 0 Å². The average Bonchev–Trinajstić information content (AvgIpc) is 2.74. The van der Waals surface area contributed by atoms with Crippen molar-refractivity contribution in [1.29, 1.82) is 0 Å². The van der Waals surface area contributed by atoms with E-state index < -0.39 is 27.8 Å². The van der Waals surface area contributed by atoms with Gasteiger partial charge in [-0.05, 0) is 49.9 Å². The van der Waals surface area contributed by atoms with Crippen molar-refractivity contribution in [3.8, 4) is 0 Å². The molecule has 0 saturated heterocycles. The highest BCUT2D eigenvalue weighted by molar-refractivity contribution is 7.89. The highest BCUT2D eigenvalue weighted by atomic mass is 32.2. The molecule has 8 heteroatoms. The van der Waals surface area contributed by atoms with Gasteiger partial charge in [0.1, 0.15) is 0 Å². The van der Waals surface area contributed by atoms with Crippen molar-refractivity contribution in [1.82, 2.24) is 4.31 Å². The first-order valence-corrected chi connectivity index (χ1v) is 11.8. The number of aliphatic carboxylic acids is 1. The third kappa shape index (κ3) is 4.98. The Labute approximate surface area is 172 Å². The van der Waals surface area contributed by atoms with Gasteiger partial charge in [0, 0.05) is 36.6 Å². The van der Waals surface area contributed by atoms with Gasteiger partial charge in [0.05, 0.1) is 4.90 Å². The fourth-order valence-electron chi connectivity index (χ4n) is 4.48. The van der Waals surface area contributed by atoms with Crippen LogP contribution in [0.5, 0.6) is 0 Å². The first kappa shape index (κ1) is 21.8. The van der Waals surface area contributed by atoms with Crippen molar-refractivity contribution in [3.63, 3.8) is 0 Å². The lowest BCUT2D eigenvalue weighted by Gasteiger charge is -2.31. The quantitative estimate of drug-likeness (QED) is 0.757. The van der Waals surface area contributed by atoms with Crippen molar-refractivity contribution in [2.24, 2.45) is 11.8 Å². The summed E-state index contributed by atoms with van der Waals surface area (Å²) in [6, 6.07) is 6.11. The first-order chi connectivity index (χ1) is 13.8. The lowest BCUT2D eigenvalue weighted by molar-refractivity contribution is -0.313. The zero-order chi connectivity index (χ0) is 21.0. The van der Waals surface area contributed by atoms with Gasteiger partial charge in [0.25, 0.3) is 0 Å². The summed E-state index contributed by atoms with van der Waals surface area (Å²) in [4.78, 5) is 24.0. The summed E-state index contributed by atoms with van der Waals surface area (Å²) in [6.07, 6.45) is 7.56. The molecule has 0 aromatic heterocycles. The molecule has 0 radical (unpaired) electrons. The molecule has 0 aliphatic heterocycles. The van der Waals surface area contributed by atoms with Gasteiger partial charge in [-0.25, -0.2) is 8.42 Å². The van der Waals surface area contributed by atoms with Crippen LogP contribution < -0.4 is 10.4 Å². The number of carboxylic acids is 1. The fraction of sp³-hybridized carbons (Fsp3) is 0.619. The molecule has 2 fully saturated rings. The number of benzene rings is 1. The molecule has 0 unspecified atom stereocenters. The SMILES string of the molecule is CN(C1CCCCC1)S(=O)(=O)c1ccc(NC(=O)[C@@H]2CCCC[C@@H]2C(=O)[O-])cc1. The van der Waals surface area contributed by atoms with Gasteiger partial charge in [0.2, 0.25) is 15.9 Å². The van der Waals surface area contributed by atoms with Crippen LogP contribution >= 0.6 is 0 Å². The Hall–Kier alpha value is -1.93. The largest absolute Gasteiger partial charge is 0.550 e. The molecule has 0 spiro atoms. The molecule has 1 aromatic rings. The number of anilines is 1. The molecule has 160 valence electrons. The minimum Gasteiger partial charge on any atom is -0.550 e. The average molecular weight is 422 g/mol. The first-order valence-electron chi connectivity index (χ1n) is 10.4. The number of rotatable bonds is 6. The predicted molar refractivity (Wildman–Crippen MR) is 107 cm³/mol. The van der Waals surface area contributed by atoms with Crippen LogP contribution in [0.1, 0.15) is 57.8 Å². The smallest absolute Gasteiger partial charge is 0.243 e. The lowest BCUT2D eigenvalue weighted by Crippen LogP contribution is -2.42. The van der Waals surface area contributed by atoms with Gasteiger partial charge in [-0.2, -0.15) is 4.31 Å². The van der Waals surface area contributed by atoms with Crippen molar-refractivity contribution < 1.29 is 23.1 Å². The molecule has 7 nitrogen and oxygen atoms in total. The van der Waals surface area contributed by atoms with Gasteiger partial charge >= 0.3 is 0 Å². The van der Waals surface area contributed by atoms with E-state index in [1.54, 1.807) is 19.2 Å². The molecule has 3 rings (SSSR count). The number of nitrogens with one attached hydrogen (secondary N) is 1. The summed E-state index contributed by atoms with van der Waals surface area (Å²) in [5.74, 6) is -2.92. The van der Waals surface area contributed by atoms with Gasteiger partial charge in [-0.3, -0.25) is 4.79 Å². The van der Waals surface area contributed by atoms with E-state index in [1.165, 1.54) is 16.4 Å². The van der Waals surface area contributed by atoms with E-state index in [2.05, 4.69) is 5.32 Å². The number of carbonyl (C=O) groups excluding carboxylic acids is 2. The van der Waals surface area contributed by atoms with Crippen LogP contribution in [0.4, 0.5) is 5.69 Å². The number of hydrogen-bond acceptors (Lipinski definition) is 5. The Morgan fingerprint density at radius 1 is 0.931 bits per heavy atom. The number of nitrogens with zero attached hydrogens (tertiary/aromatic N) is 1. The Morgan fingerprint density at radius 2 is 1.48 bits per heavy atom. The summed E-state index contributed by atoms with van der Waals surface area (Å²) in [5, 5.41) is 14.0. The second-order valence-corrected chi connectivity index (χ2v) is 10.1. The lowest BCUT2D eigenvalue weighted by atomic mass is 9.78. The Balaban J connectivity index is 1.67. The zero-order valence-electron chi connectivity index (χ0n) is 16.8. The minimum atomic E-state index is -3.59. The molecule has 0 bridgehead atoms. The van der Waals surface area contributed by atoms with E-state index in [0.717, 1.165) is 44.9 Å². The Kier molecular flexibility index (Phi) is 6.95. The Morgan fingerprint density at radius 3 is 2.07 bits per heavy atom. The second kappa shape index (κ2) is 9.26. The highest BCUT2D eigenvalue weighted by Crippen LogP contribution is 2.31. The molecule has 1 amide bonds. The van der Waals surface area contributed by atoms with E-state index in [0.29, 0.717) is 18.5 Å². The van der Waals surface area contributed by atoms with E-state index in [9.17, 15) is 23.1 Å². The van der Waals surface area contributed by atoms with Crippen molar-refractivity contribution >= 4 is 27.6 Å². The monoisotopic (exact) mass is 421 g/mol. The van der Waals surface area contributed by atoms with E-state index in [4.69, 9.17) is 0 Å². The maximum Gasteiger partial charge on any atom is 0.243 e. The molecule has 1 aromatic carbocycles. The number of carbonyl (C=O) groups is 2. The van der Waals surface area contributed by atoms with Gasteiger partial charge in [-0.1, -0.05) is 32.1 Å². The van der Waals surface area contributed by atoms with Crippen LogP contribution in [0.15, 0.2) is 29.2 Å². The number of amides is 1. The van der Waals surface area contributed by atoms with Crippen LogP contribution in [0.25, 0.3) is 0 Å². The summed E-state index contributed by atoms with van der Waals surface area (Å²) in [6.45, 7) is 0. The molecule has 2 saturated carbocycles. The van der Waals surface area contributed by atoms with E-state index in [-0.39, 0.29) is 16.8 Å². The zero-order valence-corrected chi connectivity index (χ0v) is 17.6. The summed E-state index contributed by atoms with van der Waals surface area (Å²) < 4.78 is 27.3. The van der Waals surface area contributed by atoms with Crippen molar-refractivity contribution in [3.05, 3.63) is 24.3 Å². The van der Waals surface area contributed by atoms with E-state index in [1.807, 2.05) is 0 Å². The van der Waals surface area contributed by atoms with Crippen LogP contribution in [-0.4, -0.2) is 37.7 Å². The van der Waals surface area contributed by atoms with Gasteiger partial charge in [-0.15, -0.1) is 0 Å². The molecule has 2 aliphatic carbocycles. The van der Waals surface area contributed by atoms with E-state index >= 15 is 0 Å². The van der Waals surface area contributed by atoms with Crippen LogP contribution in [0.3, 0.4) is 0 Å². The summed E-state index contributed by atoms with van der Waals surface area (Å²) >= 11 is 0. The Bertz CT molecular complexity index is 831. The molecular formula is C21H29N2O5S-. The van der Waals surface area contributed by atoms with Crippen molar-refractivity contribution in [2.45, 2.75) is 68.7 Å². The van der Waals surface area contributed by atoms with Gasteiger partial charge in [0.15, 0.2) is 0 Å². The van der Waals surface area contributed by atoms with Crippen LogP contribution in [0, 0.1) is 11.8 Å². The summed E-state index contributed by atoms with van der Waals surface area (Å²) in [7, 11) is -1.96. The normalized spacial score (nSPS) is 23.7.